The maximum absolute atomic E-state index is 13.0. The molecule has 1 atom stereocenters. The van der Waals surface area contributed by atoms with E-state index in [9.17, 15) is 9.59 Å². The Morgan fingerprint density at radius 3 is 2.75 bits per heavy atom. The molecule has 4 rings (SSSR count). The molecule has 0 N–H and O–H groups in total. The van der Waals surface area contributed by atoms with E-state index in [0.29, 0.717) is 24.1 Å². The lowest BCUT2D eigenvalue weighted by Crippen LogP contribution is -2.34. The number of aryl methyl sites for hydroxylation is 1. The van der Waals surface area contributed by atoms with Crippen molar-refractivity contribution in [3.05, 3.63) is 89.2 Å². The van der Waals surface area contributed by atoms with E-state index in [1.165, 1.54) is 4.90 Å². The van der Waals surface area contributed by atoms with Crippen LogP contribution in [0.4, 0.5) is 0 Å². The Balaban J connectivity index is 1.68. The molecule has 1 aliphatic rings. The molecule has 2 amide bonds. The van der Waals surface area contributed by atoms with Crippen LogP contribution in [-0.2, 0) is 11.2 Å². The molecule has 1 aromatic heterocycles. The number of ether oxygens (including phenoxy) is 1. The minimum absolute atomic E-state index is 0.0713. The third kappa shape index (κ3) is 3.39. The molecule has 0 saturated heterocycles. The van der Waals surface area contributed by atoms with Gasteiger partial charge in [-0.05, 0) is 48.2 Å². The van der Waals surface area contributed by atoms with Crippen LogP contribution >= 0.6 is 0 Å². The zero-order chi connectivity index (χ0) is 19.5. The number of aromatic nitrogens is 1. The highest BCUT2D eigenvalue weighted by Gasteiger charge is 2.27. The Labute approximate surface area is 163 Å². The third-order valence-electron chi connectivity index (χ3n) is 5.10. The zero-order valence-electron chi connectivity index (χ0n) is 15.5. The van der Waals surface area contributed by atoms with Gasteiger partial charge < -0.3 is 4.74 Å². The number of imide groups is 1. The largest absolute Gasteiger partial charge is 0.455 e. The summed E-state index contributed by atoms with van der Waals surface area (Å²) in [5.74, 6) is 1.08. The monoisotopic (exact) mass is 372 g/mol. The van der Waals surface area contributed by atoms with E-state index in [4.69, 9.17) is 4.74 Å². The van der Waals surface area contributed by atoms with Crippen molar-refractivity contribution < 1.29 is 14.3 Å². The summed E-state index contributed by atoms with van der Waals surface area (Å²) in [5, 5.41) is 0. The van der Waals surface area contributed by atoms with Crippen LogP contribution in [0.2, 0.25) is 0 Å². The van der Waals surface area contributed by atoms with E-state index < -0.39 is 0 Å². The number of carbonyl (C=O) groups is 2. The van der Waals surface area contributed by atoms with Gasteiger partial charge in [-0.1, -0.05) is 36.4 Å². The highest BCUT2D eigenvalue weighted by atomic mass is 16.5. The number of pyridine rings is 1. The number of para-hydroxylation sites is 1. The Morgan fingerprint density at radius 1 is 1.14 bits per heavy atom. The first-order chi connectivity index (χ1) is 13.7. The smallest absolute Gasteiger partial charge is 0.260 e. The normalized spacial score (nSPS) is 14.8. The fourth-order valence-corrected chi connectivity index (χ4v) is 3.62. The van der Waals surface area contributed by atoms with Crippen molar-refractivity contribution >= 4 is 12.3 Å². The summed E-state index contributed by atoms with van der Waals surface area (Å²) in [7, 11) is 0. The van der Waals surface area contributed by atoms with Gasteiger partial charge in [0, 0.05) is 24.2 Å². The molecule has 0 radical (unpaired) electrons. The quantitative estimate of drug-likeness (QED) is 0.647. The number of fused-ring (bicyclic) bond motifs is 2. The number of hydrogen-bond donors (Lipinski definition) is 0. The summed E-state index contributed by atoms with van der Waals surface area (Å²) in [4.78, 5) is 30.2. The fourth-order valence-electron chi connectivity index (χ4n) is 3.62. The Kier molecular flexibility index (Phi) is 4.89. The highest BCUT2D eigenvalue weighted by molar-refractivity contribution is 6.01. The summed E-state index contributed by atoms with van der Waals surface area (Å²) in [6, 6.07) is 17.0. The summed E-state index contributed by atoms with van der Waals surface area (Å²) in [5.41, 5.74) is 3.37. The van der Waals surface area contributed by atoms with E-state index in [-0.39, 0.29) is 18.4 Å². The van der Waals surface area contributed by atoms with Crippen molar-refractivity contribution in [3.8, 4) is 11.5 Å². The fraction of sp³-hybridized carbons (Fsp3) is 0.174. The van der Waals surface area contributed by atoms with Crippen molar-refractivity contribution in [2.75, 3.05) is 6.54 Å². The first-order valence-corrected chi connectivity index (χ1v) is 9.19. The molecule has 0 spiro atoms. The molecule has 140 valence electrons. The second-order valence-electron chi connectivity index (χ2n) is 6.90. The van der Waals surface area contributed by atoms with Crippen LogP contribution in [0.25, 0.3) is 0 Å². The lowest BCUT2D eigenvalue weighted by molar-refractivity contribution is -0.116. The molecule has 2 heterocycles. The highest BCUT2D eigenvalue weighted by Crippen LogP contribution is 2.39. The summed E-state index contributed by atoms with van der Waals surface area (Å²) in [6.07, 6.45) is 4.70. The molecule has 0 saturated carbocycles. The predicted molar refractivity (Wildman–Crippen MR) is 105 cm³/mol. The second kappa shape index (κ2) is 7.64. The lowest BCUT2D eigenvalue weighted by atomic mass is 9.91. The molecular weight excluding hydrogens is 352 g/mol. The first kappa shape index (κ1) is 17.9. The maximum Gasteiger partial charge on any atom is 0.260 e. The molecule has 28 heavy (non-hydrogen) atoms. The van der Waals surface area contributed by atoms with Gasteiger partial charge in [-0.15, -0.1) is 0 Å². The second-order valence-corrected chi connectivity index (χ2v) is 6.90. The zero-order valence-corrected chi connectivity index (χ0v) is 15.5. The van der Waals surface area contributed by atoms with Gasteiger partial charge in [0.2, 0.25) is 6.41 Å². The Hall–Kier alpha value is -3.47. The third-order valence-corrected chi connectivity index (χ3v) is 5.10. The Bertz CT molecular complexity index is 1030. The number of rotatable bonds is 4. The van der Waals surface area contributed by atoms with E-state index in [1.54, 1.807) is 24.5 Å². The molecular formula is C23H20N2O3. The van der Waals surface area contributed by atoms with Crippen molar-refractivity contribution in [1.82, 2.24) is 9.88 Å². The van der Waals surface area contributed by atoms with Crippen LogP contribution in [-0.4, -0.2) is 28.7 Å². The maximum atomic E-state index is 13.0. The molecule has 5 nitrogen and oxygen atoms in total. The first-order valence-electron chi connectivity index (χ1n) is 9.19. The van der Waals surface area contributed by atoms with Crippen LogP contribution in [0.3, 0.4) is 0 Å². The standard InChI is InChI=1S/C23H20N2O3/c1-16-6-2-3-7-19(16)23(27)25(15-26)14-18-12-17-10-11-24-13-22(17)28-21-9-5-4-8-20(18)21/h2-11,13,15,18H,12,14H2,1H3. The summed E-state index contributed by atoms with van der Waals surface area (Å²) >= 11 is 0. The minimum atomic E-state index is -0.286. The molecule has 2 aromatic carbocycles. The average Bonchev–Trinajstić information content (AvgIpc) is 2.88. The van der Waals surface area contributed by atoms with Crippen LogP contribution < -0.4 is 4.74 Å². The molecule has 0 aliphatic carbocycles. The minimum Gasteiger partial charge on any atom is -0.455 e. The number of hydrogen-bond acceptors (Lipinski definition) is 4. The van der Waals surface area contributed by atoms with Gasteiger partial charge in [0.1, 0.15) is 11.5 Å². The molecule has 1 aliphatic heterocycles. The van der Waals surface area contributed by atoms with Gasteiger partial charge in [-0.2, -0.15) is 0 Å². The van der Waals surface area contributed by atoms with Crippen molar-refractivity contribution in [2.24, 2.45) is 0 Å². The molecule has 0 fully saturated rings. The van der Waals surface area contributed by atoms with E-state index >= 15 is 0 Å². The summed E-state index contributed by atoms with van der Waals surface area (Å²) < 4.78 is 6.06. The SMILES string of the molecule is Cc1ccccc1C(=O)N(C=O)CC1Cc2ccncc2Oc2ccccc21. The number of amides is 2. The topological polar surface area (TPSA) is 59.5 Å². The van der Waals surface area contributed by atoms with Crippen LogP contribution in [0, 0.1) is 6.92 Å². The van der Waals surface area contributed by atoms with E-state index in [1.807, 2.05) is 49.4 Å². The van der Waals surface area contributed by atoms with Crippen LogP contribution in [0.15, 0.2) is 67.0 Å². The molecule has 0 bridgehead atoms. The lowest BCUT2D eigenvalue weighted by Gasteiger charge is -2.23. The molecule has 1 unspecified atom stereocenters. The van der Waals surface area contributed by atoms with Gasteiger partial charge in [-0.3, -0.25) is 19.5 Å². The number of benzene rings is 2. The van der Waals surface area contributed by atoms with Crippen LogP contribution in [0.5, 0.6) is 11.5 Å². The van der Waals surface area contributed by atoms with Crippen molar-refractivity contribution in [2.45, 2.75) is 19.3 Å². The van der Waals surface area contributed by atoms with Gasteiger partial charge in [0.05, 0.1) is 6.20 Å². The molecule has 3 aromatic rings. The van der Waals surface area contributed by atoms with Crippen molar-refractivity contribution in [1.29, 1.82) is 0 Å². The summed E-state index contributed by atoms with van der Waals surface area (Å²) in [6.45, 7) is 2.15. The Morgan fingerprint density at radius 2 is 1.93 bits per heavy atom. The van der Waals surface area contributed by atoms with Gasteiger partial charge >= 0.3 is 0 Å². The average molecular weight is 372 g/mol. The van der Waals surface area contributed by atoms with E-state index in [0.717, 1.165) is 22.4 Å². The number of carbonyl (C=O) groups excluding carboxylic acids is 2. The van der Waals surface area contributed by atoms with Gasteiger partial charge in [0.15, 0.2) is 0 Å². The van der Waals surface area contributed by atoms with Gasteiger partial charge in [-0.25, -0.2) is 0 Å². The molecule has 5 heteroatoms. The van der Waals surface area contributed by atoms with Gasteiger partial charge in [0.25, 0.3) is 5.91 Å². The number of nitrogens with zero attached hydrogens (tertiary/aromatic N) is 2. The van der Waals surface area contributed by atoms with Crippen molar-refractivity contribution in [3.63, 3.8) is 0 Å². The van der Waals surface area contributed by atoms with Crippen LogP contribution in [0.1, 0.15) is 33.0 Å². The predicted octanol–water partition coefficient (Wildman–Crippen LogP) is 4.12. The van der Waals surface area contributed by atoms with E-state index in [2.05, 4.69) is 4.98 Å².